The van der Waals surface area contributed by atoms with Gasteiger partial charge >= 0.3 is 0 Å². The Balaban J connectivity index is 2.07. The third kappa shape index (κ3) is 3.56. The minimum Gasteiger partial charge on any atom is -0.374 e. The van der Waals surface area contributed by atoms with Gasteiger partial charge in [-0.15, -0.1) is 0 Å². The van der Waals surface area contributed by atoms with Crippen molar-refractivity contribution in [1.82, 2.24) is 4.90 Å². The summed E-state index contributed by atoms with van der Waals surface area (Å²) in [5, 5.41) is 0. The van der Waals surface area contributed by atoms with E-state index in [1.807, 2.05) is 0 Å². The number of ether oxygens (including phenoxy) is 1. The maximum absolute atomic E-state index is 6.40. The first-order valence-electron chi connectivity index (χ1n) is 7.32. The molecule has 1 aromatic carbocycles. The number of hydrogen-bond donors (Lipinski definition) is 1. The van der Waals surface area contributed by atoms with Crippen LogP contribution in [-0.4, -0.2) is 36.7 Å². The van der Waals surface area contributed by atoms with Gasteiger partial charge in [-0.3, -0.25) is 4.90 Å². The van der Waals surface area contributed by atoms with Crippen LogP contribution in [0.1, 0.15) is 37.9 Å². The topological polar surface area (TPSA) is 38.5 Å². The summed E-state index contributed by atoms with van der Waals surface area (Å²) >= 11 is 0. The second kappa shape index (κ2) is 6.51. The number of hydrogen-bond acceptors (Lipinski definition) is 3. The average molecular weight is 262 g/mol. The lowest BCUT2D eigenvalue weighted by atomic mass is 9.98. The highest BCUT2D eigenvalue weighted by molar-refractivity contribution is 5.26. The predicted octanol–water partition coefficient (Wildman–Crippen LogP) is 2.36. The summed E-state index contributed by atoms with van der Waals surface area (Å²) < 4.78 is 5.88. The monoisotopic (exact) mass is 262 g/mol. The van der Waals surface area contributed by atoms with E-state index in [1.165, 1.54) is 11.1 Å². The van der Waals surface area contributed by atoms with E-state index >= 15 is 0 Å². The first-order chi connectivity index (χ1) is 9.11. The van der Waals surface area contributed by atoms with Crippen LogP contribution in [0.15, 0.2) is 24.3 Å². The molecule has 0 aliphatic carbocycles. The number of morpholine rings is 1. The summed E-state index contributed by atoms with van der Waals surface area (Å²) in [5.41, 5.74) is 8.93. The Hall–Kier alpha value is -0.900. The summed E-state index contributed by atoms with van der Waals surface area (Å²) in [4.78, 5) is 2.44. The molecule has 0 bridgehead atoms. The van der Waals surface area contributed by atoms with Crippen LogP contribution >= 0.6 is 0 Å². The SMILES string of the molecule is CCc1cccc(C(N)C2CN(C(C)C)CCO2)c1. The zero-order valence-electron chi connectivity index (χ0n) is 12.3. The van der Waals surface area contributed by atoms with Crippen molar-refractivity contribution in [3.05, 3.63) is 35.4 Å². The van der Waals surface area contributed by atoms with E-state index in [4.69, 9.17) is 10.5 Å². The van der Waals surface area contributed by atoms with E-state index in [0.29, 0.717) is 6.04 Å². The fourth-order valence-corrected chi connectivity index (χ4v) is 2.62. The molecular weight excluding hydrogens is 236 g/mol. The van der Waals surface area contributed by atoms with Gasteiger partial charge < -0.3 is 10.5 Å². The van der Waals surface area contributed by atoms with Crippen LogP contribution in [0.2, 0.25) is 0 Å². The molecule has 19 heavy (non-hydrogen) atoms. The number of rotatable bonds is 4. The number of benzene rings is 1. The van der Waals surface area contributed by atoms with Gasteiger partial charge in [0.15, 0.2) is 0 Å². The molecule has 0 radical (unpaired) electrons. The van der Waals surface area contributed by atoms with Crippen molar-refractivity contribution in [3.8, 4) is 0 Å². The summed E-state index contributed by atoms with van der Waals surface area (Å²) in [6, 6.07) is 9.09. The number of nitrogens with zero attached hydrogens (tertiary/aromatic N) is 1. The van der Waals surface area contributed by atoms with Crippen molar-refractivity contribution in [2.75, 3.05) is 19.7 Å². The molecule has 3 nitrogen and oxygen atoms in total. The summed E-state index contributed by atoms with van der Waals surface area (Å²) in [5.74, 6) is 0. The third-order valence-electron chi connectivity index (χ3n) is 4.00. The Bertz CT molecular complexity index is 405. The summed E-state index contributed by atoms with van der Waals surface area (Å²) in [7, 11) is 0. The average Bonchev–Trinajstić information content (AvgIpc) is 2.46. The van der Waals surface area contributed by atoms with Crippen LogP contribution < -0.4 is 5.73 Å². The molecule has 1 aliphatic heterocycles. The van der Waals surface area contributed by atoms with E-state index in [0.717, 1.165) is 26.1 Å². The third-order valence-corrected chi connectivity index (χ3v) is 4.00. The lowest BCUT2D eigenvalue weighted by Gasteiger charge is -2.38. The number of aryl methyl sites for hydroxylation is 1. The Morgan fingerprint density at radius 3 is 2.89 bits per heavy atom. The van der Waals surface area contributed by atoms with Crippen molar-refractivity contribution in [3.63, 3.8) is 0 Å². The van der Waals surface area contributed by atoms with Crippen LogP contribution in [0.5, 0.6) is 0 Å². The molecule has 106 valence electrons. The lowest BCUT2D eigenvalue weighted by molar-refractivity contribution is -0.0502. The Kier molecular flexibility index (Phi) is 4.97. The van der Waals surface area contributed by atoms with Crippen LogP contribution in [-0.2, 0) is 11.2 Å². The Morgan fingerprint density at radius 2 is 2.21 bits per heavy atom. The second-order valence-corrected chi connectivity index (χ2v) is 5.62. The predicted molar refractivity (Wildman–Crippen MR) is 79.2 cm³/mol. The van der Waals surface area contributed by atoms with Crippen molar-refractivity contribution < 1.29 is 4.74 Å². The molecule has 1 aliphatic rings. The van der Waals surface area contributed by atoms with Gasteiger partial charge in [0.05, 0.1) is 18.8 Å². The van der Waals surface area contributed by atoms with E-state index in [9.17, 15) is 0 Å². The molecule has 1 heterocycles. The molecule has 0 spiro atoms. The highest BCUT2D eigenvalue weighted by Gasteiger charge is 2.27. The molecule has 2 atom stereocenters. The minimum absolute atomic E-state index is 0.0342. The molecule has 1 fully saturated rings. The summed E-state index contributed by atoms with van der Waals surface area (Å²) in [6.45, 7) is 9.34. The van der Waals surface area contributed by atoms with E-state index in [2.05, 4.69) is 49.9 Å². The van der Waals surface area contributed by atoms with Crippen molar-refractivity contribution in [2.45, 2.75) is 45.4 Å². The standard InChI is InChI=1S/C16H26N2O/c1-4-13-6-5-7-14(10-13)16(17)15-11-18(12(2)3)8-9-19-15/h5-7,10,12,15-16H,4,8-9,11,17H2,1-3H3. The van der Waals surface area contributed by atoms with Gasteiger partial charge in [-0.2, -0.15) is 0 Å². The highest BCUT2D eigenvalue weighted by atomic mass is 16.5. The molecule has 3 heteroatoms. The van der Waals surface area contributed by atoms with Crippen molar-refractivity contribution in [1.29, 1.82) is 0 Å². The first kappa shape index (κ1) is 14.5. The second-order valence-electron chi connectivity index (χ2n) is 5.62. The van der Waals surface area contributed by atoms with Gasteiger partial charge in [0, 0.05) is 19.1 Å². The molecule has 2 rings (SSSR count). The van der Waals surface area contributed by atoms with Crippen LogP contribution in [0.3, 0.4) is 0 Å². The lowest BCUT2D eigenvalue weighted by Crippen LogP contribution is -2.49. The highest BCUT2D eigenvalue weighted by Crippen LogP contribution is 2.22. The smallest absolute Gasteiger partial charge is 0.0894 e. The first-order valence-corrected chi connectivity index (χ1v) is 7.32. The van der Waals surface area contributed by atoms with E-state index in [1.54, 1.807) is 0 Å². The van der Waals surface area contributed by atoms with Gasteiger partial charge in [-0.05, 0) is 31.4 Å². The van der Waals surface area contributed by atoms with Gasteiger partial charge in [0.1, 0.15) is 0 Å². The van der Waals surface area contributed by atoms with Crippen molar-refractivity contribution in [2.24, 2.45) is 5.73 Å². The largest absolute Gasteiger partial charge is 0.374 e. The normalized spacial score (nSPS) is 22.7. The number of nitrogens with two attached hydrogens (primary N) is 1. The van der Waals surface area contributed by atoms with Gasteiger partial charge in [0.25, 0.3) is 0 Å². The van der Waals surface area contributed by atoms with Gasteiger partial charge in [0.2, 0.25) is 0 Å². The van der Waals surface area contributed by atoms with Crippen molar-refractivity contribution >= 4 is 0 Å². The van der Waals surface area contributed by atoms with Crippen LogP contribution in [0.4, 0.5) is 0 Å². The quantitative estimate of drug-likeness (QED) is 0.905. The molecule has 2 N–H and O–H groups in total. The molecule has 0 amide bonds. The maximum atomic E-state index is 6.40. The zero-order chi connectivity index (χ0) is 13.8. The molecular formula is C16H26N2O. The van der Waals surface area contributed by atoms with E-state index < -0.39 is 0 Å². The summed E-state index contributed by atoms with van der Waals surface area (Å²) in [6.07, 6.45) is 1.15. The molecule has 1 saturated heterocycles. The van der Waals surface area contributed by atoms with Gasteiger partial charge in [-0.1, -0.05) is 31.2 Å². The molecule has 0 saturated carbocycles. The maximum Gasteiger partial charge on any atom is 0.0894 e. The minimum atomic E-state index is -0.0342. The van der Waals surface area contributed by atoms with Gasteiger partial charge in [-0.25, -0.2) is 0 Å². The van der Waals surface area contributed by atoms with E-state index in [-0.39, 0.29) is 12.1 Å². The molecule has 0 aromatic heterocycles. The molecule has 1 aromatic rings. The fourth-order valence-electron chi connectivity index (χ4n) is 2.62. The van der Waals surface area contributed by atoms with Crippen LogP contribution in [0, 0.1) is 0 Å². The van der Waals surface area contributed by atoms with Crippen LogP contribution in [0.25, 0.3) is 0 Å². The fraction of sp³-hybridized carbons (Fsp3) is 0.625. The zero-order valence-corrected chi connectivity index (χ0v) is 12.3. The Labute approximate surface area is 116 Å². The molecule has 2 unspecified atom stereocenters. The Morgan fingerprint density at radius 1 is 1.42 bits per heavy atom.